The number of phenolic OH excluding ortho intramolecular Hbond substituents is 1. The summed E-state index contributed by atoms with van der Waals surface area (Å²) in [5.41, 5.74) is 12.3. The van der Waals surface area contributed by atoms with Gasteiger partial charge < -0.3 is 89.6 Å². The quantitative estimate of drug-likeness (QED) is 0.0298. The molecule has 30 nitrogen and oxygen atoms in total. The molecule has 81 heavy (non-hydrogen) atoms. The molecule has 2 rings (SSSR count). The number of aliphatic hydroxyl groups is 1. The standard InChI is InChI=1S/C51H78N12O18/c1-25(2)18-34(46(75)57-33(14-16-40(68)69)45(74)63-42(27(5)64)50(79)61-36(21-29-23-54-24-55-29)48(77)62-38(51(80)81)19-26(3)4)59-49(78)37(22-41(70)71)60-44(73)32(13-15-39(66)67)56-47(76)35(20-28-9-11-30(65)12-10-28)58-43(72)31(53)8-6-7-17-52/h9-12,23-27,31-38,42,64-65H,6-8,13-22,52-53H2,1-5H3,(H,54,55)(H,56,76)(H,57,75)(H,58,72)(H,59,78)(H,60,73)(H,61,79)(H,62,77)(H,63,74)(H,66,67)(H,68,69)(H,70,71)(H,80,81)/t27-,31+,32+,33+,34+,35+,36+,37+,38+,42+/m1/s1. The average Bonchev–Trinajstić information content (AvgIpc) is 3.90. The maximum Gasteiger partial charge on any atom is 0.326 e. The maximum atomic E-state index is 14.1. The molecule has 0 saturated carbocycles. The molecule has 10 atom stereocenters. The van der Waals surface area contributed by atoms with Crippen LogP contribution in [0.15, 0.2) is 36.8 Å². The zero-order valence-corrected chi connectivity index (χ0v) is 45.8. The second-order valence-corrected chi connectivity index (χ2v) is 20.3. The number of aromatic amines is 1. The molecule has 0 aliphatic heterocycles. The second-order valence-electron chi connectivity index (χ2n) is 20.3. The lowest BCUT2D eigenvalue weighted by Gasteiger charge is -2.29. The maximum absolute atomic E-state index is 14.1. The molecule has 8 amide bonds. The number of imidazole rings is 1. The molecule has 0 fully saturated rings. The minimum absolute atomic E-state index is 0.0177. The molecule has 0 saturated heterocycles. The fraction of sp³-hybridized carbons (Fsp3) is 0.588. The number of benzene rings is 1. The third-order valence-corrected chi connectivity index (χ3v) is 12.2. The van der Waals surface area contributed by atoms with Crippen LogP contribution in [-0.4, -0.2) is 179 Å². The van der Waals surface area contributed by atoms with E-state index >= 15 is 0 Å². The number of carbonyl (C=O) groups excluding carboxylic acids is 8. The monoisotopic (exact) mass is 1150 g/mol. The number of nitrogens with two attached hydrogens (primary N) is 2. The minimum Gasteiger partial charge on any atom is -0.508 e. The molecule has 1 aromatic heterocycles. The lowest BCUT2D eigenvalue weighted by atomic mass is 10.0. The van der Waals surface area contributed by atoms with Crippen LogP contribution in [0.2, 0.25) is 0 Å². The number of aliphatic hydroxyl groups excluding tert-OH is 1. The Morgan fingerprint density at radius 3 is 1.46 bits per heavy atom. The fourth-order valence-electron chi connectivity index (χ4n) is 7.96. The highest BCUT2D eigenvalue weighted by Crippen LogP contribution is 2.15. The van der Waals surface area contributed by atoms with Crippen LogP contribution in [0.3, 0.4) is 0 Å². The van der Waals surface area contributed by atoms with Crippen LogP contribution >= 0.6 is 0 Å². The second kappa shape index (κ2) is 34.7. The van der Waals surface area contributed by atoms with Gasteiger partial charge in [0.15, 0.2) is 0 Å². The Morgan fingerprint density at radius 1 is 0.531 bits per heavy atom. The molecule has 2 aromatic rings. The highest BCUT2D eigenvalue weighted by molar-refractivity contribution is 5.99. The Morgan fingerprint density at radius 2 is 0.975 bits per heavy atom. The Hall–Kier alpha value is -8.25. The van der Waals surface area contributed by atoms with Gasteiger partial charge in [-0.3, -0.25) is 52.7 Å². The Balaban J connectivity index is 2.45. The van der Waals surface area contributed by atoms with Crippen molar-refractivity contribution in [2.45, 2.75) is 172 Å². The number of aromatic hydroxyl groups is 1. The van der Waals surface area contributed by atoms with Crippen molar-refractivity contribution in [2.24, 2.45) is 23.3 Å². The number of nitrogens with one attached hydrogen (secondary N) is 9. The summed E-state index contributed by atoms with van der Waals surface area (Å²) in [5.74, 6) is -15.5. The molecule has 0 radical (unpaired) electrons. The first-order valence-corrected chi connectivity index (χ1v) is 26.2. The third-order valence-electron chi connectivity index (χ3n) is 12.2. The summed E-state index contributed by atoms with van der Waals surface area (Å²) in [6.45, 7) is 8.09. The van der Waals surface area contributed by atoms with Crippen molar-refractivity contribution in [1.29, 1.82) is 0 Å². The molecule has 0 aliphatic carbocycles. The normalized spacial score (nSPS) is 14.9. The predicted molar refractivity (Wildman–Crippen MR) is 285 cm³/mol. The zero-order valence-electron chi connectivity index (χ0n) is 45.8. The number of hydrogen-bond donors (Lipinski definition) is 17. The number of H-pyrrole nitrogens is 1. The van der Waals surface area contributed by atoms with Gasteiger partial charge in [0.2, 0.25) is 47.3 Å². The van der Waals surface area contributed by atoms with Gasteiger partial charge in [0, 0.05) is 37.6 Å². The molecule has 0 bridgehead atoms. The first kappa shape index (κ1) is 68.9. The van der Waals surface area contributed by atoms with Crippen LogP contribution in [0.25, 0.3) is 0 Å². The van der Waals surface area contributed by atoms with Crippen molar-refractivity contribution in [3.63, 3.8) is 0 Å². The van der Waals surface area contributed by atoms with Gasteiger partial charge in [-0.05, 0) is 81.5 Å². The fourth-order valence-corrected chi connectivity index (χ4v) is 7.96. The Bertz CT molecular complexity index is 2460. The molecule has 0 unspecified atom stereocenters. The number of carboxylic acid groups (broad SMARTS) is 4. The number of carboxylic acids is 4. The summed E-state index contributed by atoms with van der Waals surface area (Å²) in [6.07, 6.45) is -2.58. The largest absolute Gasteiger partial charge is 0.508 e. The summed E-state index contributed by atoms with van der Waals surface area (Å²) in [4.78, 5) is 165. The Kier molecular flexibility index (Phi) is 29.5. The summed E-state index contributed by atoms with van der Waals surface area (Å²) in [5, 5.41) is 78.0. The molecule has 0 spiro atoms. The van der Waals surface area contributed by atoms with Gasteiger partial charge in [0.25, 0.3) is 0 Å². The van der Waals surface area contributed by atoms with Crippen LogP contribution < -0.4 is 54.0 Å². The molecule has 30 heteroatoms. The van der Waals surface area contributed by atoms with Crippen molar-refractivity contribution in [2.75, 3.05) is 6.54 Å². The molecule has 0 aliphatic rings. The van der Waals surface area contributed by atoms with Gasteiger partial charge >= 0.3 is 23.9 Å². The molecule has 1 heterocycles. The lowest BCUT2D eigenvalue weighted by molar-refractivity contribution is -0.143. The average molecular weight is 1150 g/mol. The van der Waals surface area contributed by atoms with Gasteiger partial charge in [-0.25, -0.2) is 9.78 Å². The van der Waals surface area contributed by atoms with Crippen molar-refractivity contribution >= 4 is 71.1 Å². The van der Waals surface area contributed by atoms with Crippen molar-refractivity contribution in [3.05, 3.63) is 48.0 Å². The van der Waals surface area contributed by atoms with E-state index in [9.17, 15) is 88.2 Å². The van der Waals surface area contributed by atoms with Gasteiger partial charge in [0.05, 0.1) is 24.9 Å². The van der Waals surface area contributed by atoms with E-state index in [1.807, 2.05) is 0 Å². The topological polar surface area (TPSA) is 503 Å². The van der Waals surface area contributed by atoms with Gasteiger partial charge in [0.1, 0.15) is 54.1 Å². The summed E-state index contributed by atoms with van der Waals surface area (Å²) < 4.78 is 0. The number of aliphatic carboxylic acids is 4. The molecular weight excluding hydrogens is 1070 g/mol. The van der Waals surface area contributed by atoms with Gasteiger partial charge in [-0.1, -0.05) is 46.2 Å². The number of nitrogens with zero attached hydrogens (tertiary/aromatic N) is 1. The number of hydrogen-bond acceptors (Lipinski definition) is 17. The third kappa shape index (κ3) is 26.1. The van der Waals surface area contributed by atoms with E-state index < -0.39 is 170 Å². The van der Waals surface area contributed by atoms with Gasteiger partial charge in [-0.15, -0.1) is 0 Å². The molecule has 1 aromatic carbocycles. The first-order valence-electron chi connectivity index (χ1n) is 26.2. The van der Waals surface area contributed by atoms with Crippen molar-refractivity contribution in [1.82, 2.24) is 52.5 Å². The highest BCUT2D eigenvalue weighted by atomic mass is 16.4. The van der Waals surface area contributed by atoms with E-state index in [4.69, 9.17) is 11.5 Å². The van der Waals surface area contributed by atoms with Crippen LogP contribution in [0, 0.1) is 11.8 Å². The van der Waals surface area contributed by atoms with E-state index in [0.717, 1.165) is 6.92 Å². The minimum atomic E-state index is -2.04. The number of rotatable bonds is 38. The van der Waals surface area contributed by atoms with Crippen molar-refractivity contribution < 1.29 is 88.2 Å². The number of carbonyl (C=O) groups is 12. The van der Waals surface area contributed by atoms with E-state index in [0.29, 0.717) is 30.6 Å². The van der Waals surface area contributed by atoms with Crippen LogP contribution in [-0.2, 0) is 70.4 Å². The smallest absolute Gasteiger partial charge is 0.326 e. The number of aromatic nitrogens is 2. The molecule has 450 valence electrons. The summed E-state index contributed by atoms with van der Waals surface area (Å²) in [6, 6.07) is -9.17. The molecule has 19 N–H and O–H groups in total. The van der Waals surface area contributed by atoms with E-state index in [-0.39, 0.29) is 43.8 Å². The number of unbranched alkanes of at least 4 members (excludes halogenated alkanes) is 1. The summed E-state index contributed by atoms with van der Waals surface area (Å²) in [7, 11) is 0. The van der Waals surface area contributed by atoms with Crippen LogP contribution in [0.4, 0.5) is 0 Å². The van der Waals surface area contributed by atoms with Gasteiger partial charge in [-0.2, -0.15) is 0 Å². The van der Waals surface area contributed by atoms with E-state index in [1.54, 1.807) is 27.7 Å². The van der Waals surface area contributed by atoms with E-state index in [1.165, 1.54) is 36.8 Å². The van der Waals surface area contributed by atoms with Crippen LogP contribution in [0.5, 0.6) is 5.75 Å². The predicted octanol–water partition coefficient (Wildman–Crippen LogP) is -3.00. The summed E-state index contributed by atoms with van der Waals surface area (Å²) >= 11 is 0. The first-order chi connectivity index (χ1) is 38.0. The zero-order chi connectivity index (χ0) is 61.1. The van der Waals surface area contributed by atoms with Crippen LogP contribution in [0.1, 0.15) is 110 Å². The van der Waals surface area contributed by atoms with E-state index in [2.05, 4.69) is 52.5 Å². The lowest BCUT2D eigenvalue weighted by Crippen LogP contribution is -2.62. The molecular formula is C51H78N12O18. The highest BCUT2D eigenvalue weighted by Gasteiger charge is 2.37. The Labute approximate surface area is 466 Å². The SMILES string of the molecule is CC(C)C[C@H](NC(=O)[C@H](Cc1cnc[nH]1)NC(=O)[C@@H](NC(=O)[C@H](CCC(=O)O)NC(=O)[C@H](CC(C)C)NC(=O)[C@H](CC(=O)O)NC(=O)[C@H](CCC(=O)O)NC(=O)[C@H](Cc1ccc(O)cc1)NC(=O)[C@@H](N)CCCCN)[C@@H](C)O)C(=O)O. The van der Waals surface area contributed by atoms with Crippen molar-refractivity contribution in [3.8, 4) is 5.75 Å². The number of phenols is 1. The number of amides is 8.